The van der Waals surface area contributed by atoms with Gasteiger partial charge in [-0.05, 0) is 59.6 Å². The van der Waals surface area contributed by atoms with Crippen molar-refractivity contribution in [2.24, 2.45) is 11.3 Å². The van der Waals surface area contributed by atoms with Crippen LogP contribution in [0.2, 0.25) is 0 Å². The largest absolute Gasteiger partial charge is 0.478 e. The molecule has 2 heterocycles. The van der Waals surface area contributed by atoms with Crippen molar-refractivity contribution in [2.75, 3.05) is 0 Å². The lowest BCUT2D eigenvalue weighted by Gasteiger charge is -2.31. The molecule has 3 aliphatic rings. The van der Waals surface area contributed by atoms with E-state index in [0.29, 0.717) is 24.0 Å². The average Bonchev–Trinajstić information content (AvgIpc) is 3.10. The van der Waals surface area contributed by atoms with Gasteiger partial charge in [-0.2, -0.15) is 0 Å². The van der Waals surface area contributed by atoms with Crippen molar-refractivity contribution in [3.05, 3.63) is 76.6 Å². The van der Waals surface area contributed by atoms with E-state index in [9.17, 15) is 9.59 Å². The second kappa shape index (κ2) is 6.69. The van der Waals surface area contributed by atoms with E-state index in [1.807, 2.05) is 50.3 Å². The molecule has 3 nitrogen and oxygen atoms in total. The quantitative estimate of drug-likeness (QED) is 0.629. The Morgan fingerprint density at radius 2 is 1.72 bits per heavy atom. The van der Waals surface area contributed by atoms with Gasteiger partial charge in [0.1, 0.15) is 5.76 Å². The van der Waals surface area contributed by atoms with E-state index in [0.717, 1.165) is 22.5 Å². The van der Waals surface area contributed by atoms with Gasteiger partial charge in [0.05, 0.1) is 0 Å². The number of allylic oxidation sites excluding steroid dienone is 5. The lowest BCUT2D eigenvalue weighted by Crippen LogP contribution is -2.37. The topological polar surface area (TPSA) is 43.4 Å². The van der Waals surface area contributed by atoms with Crippen LogP contribution in [0, 0.1) is 11.3 Å². The van der Waals surface area contributed by atoms with Crippen LogP contribution in [0.5, 0.6) is 0 Å². The third kappa shape index (κ3) is 3.13. The Labute approximate surface area is 172 Å². The van der Waals surface area contributed by atoms with E-state index < -0.39 is 5.60 Å². The Hall–Kier alpha value is -2.68. The zero-order chi connectivity index (χ0) is 21.0. The van der Waals surface area contributed by atoms with E-state index in [2.05, 4.69) is 26.8 Å². The molecule has 3 heteroatoms. The smallest absolute Gasteiger partial charge is 0.210 e. The first-order valence-electron chi connectivity index (χ1n) is 10.3. The number of carbonyl (C=O) groups excluding carboxylic acids is 2. The summed E-state index contributed by atoms with van der Waals surface area (Å²) in [7, 11) is 0. The number of Topliss-reactive ketones (excluding diaryl/α,β-unsaturated/α-hetero) is 1. The third-order valence-corrected chi connectivity index (χ3v) is 6.42. The highest BCUT2D eigenvalue weighted by molar-refractivity contribution is 6.10. The van der Waals surface area contributed by atoms with Crippen LogP contribution in [-0.4, -0.2) is 17.2 Å². The number of ether oxygens (including phenoxy) is 1. The second-order valence-corrected chi connectivity index (χ2v) is 9.29. The van der Waals surface area contributed by atoms with Crippen LogP contribution >= 0.6 is 0 Å². The van der Waals surface area contributed by atoms with E-state index in [1.165, 1.54) is 0 Å². The summed E-state index contributed by atoms with van der Waals surface area (Å²) in [5.41, 5.74) is 2.79. The first-order valence-corrected chi connectivity index (χ1v) is 10.3. The summed E-state index contributed by atoms with van der Waals surface area (Å²) < 4.78 is 6.48. The van der Waals surface area contributed by atoms with Crippen LogP contribution in [0.3, 0.4) is 0 Å². The van der Waals surface area contributed by atoms with Crippen molar-refractivity contribution in [1.29, 1.82) is 0 Å². The van der Waals surface area contributed by atoms with E-state index in [4.69, 9.17) is 4.74 Å². The number of hydrogen-bond acceptors (Lipinski definition) is 3. The lowest BCUT2D eigenvalue weighted by atomic mass is 9.75. The minimum atomic E-state index is -0.965. The van der Waals surface area contributed by atoms with Gasteiger partial charge in [0, 0.05) is 18.4 Å². The van der Waals surface area contributed by atoms with Crippen molar-refractivity contribution in [2.45, 2.75) is 53.1 Å². The molecule has 0 aromatic heterocycles. The summed E-state index contributed by atoms with van der Waals surface area (Å²) in [6.45, 7) is 10.0. The molecule has 0 saturated carbocycles. The van der Waals surface area contributed by atoms with Gasteiger partial charge in [0.15, 0.2) is 11.4 Å². The molecule has 0 N–H and O–H groups in total. The molecule has 0 unspecified atom stereocenters. The Bertz CT molecular complexity index is 1020. The highest BCUT2D eigenvalue weighted by Gasteiger charge is 2.54. The molecular weight excluding hydrogens is 360 g/mol. The van der Waals surface area contributed by atoms with Gasteiger partial charge in [-0.1, -0.05) is 57.2 Å². The Morgan fingerprint density at radius 3 is 2.41 bits per heavy atom. The molecule has 1 aromatic carbocycles. The fourth-order valence-electron chi connectivity index (χ4n) is 4.82. The molecule has 2 bridgehead atoms. The van der Waals surface area contributed by atoms with E-state index in [1.54, 1.807) is 6.08 Å². The number of hydrogen-bond donors (Lipinski definition) is 0. The van der Waals surface area contributed by atoms with Crippen molar-refractivity contribution >= 4 is 17.1 Å². The van der Waals surface area contributed by atoms with Gasteiger partial charge in [0.2, 0.25) is 5.78 Å². The minimum Gasteiger partial charge on any atom is -0.478 e. The Morgan fingerprint density at radius 1 is 1.03 bits per heavy atom. The zero-order valence-electron chi connectivity index (χ0n) is 17.8. The number of fused-ring (bicyclic) bond motifs is 1. The summed E-state index contributed by atoms with van der Waals surface area (Å²) in [6.07, 6.45) is 6.90. The number of rotatable bonds is 1. The van der Waals surface area contributed by atoms with E-state index >= 15 is 0 Å². The highest BCUT2D eigenvalue weighted by atomic mass is 16.5. The number of carbonyl (C=O) groups is 2. The second-order valence-electron chi connectivity index (χ2n) is 9.29. The summed E-state index contributed by atoms with van der Waals surface area (Å²) in [4.78, 5) is 26.5. The SMILES string of the molecule is CC1=C2CC(C)(C)/C(c3ccccc3)=C/C(=O)/C(C)=C\C3=C[C@H](C)C[C@]3(O2)C1=O. The molecule has 0 fully saturated rings. The minimum absolute atomic E-state index is 0.0246. The maximum atomic E-state index is 13.3. The van der Waals surface area contributed by atoms with Gasteiger partial charge in [0.25, 0.3) is 0 Å². The van der Waals surface area contributed by atoms with E-state index in [-0.39, 0.29) is 22.9 Å². The van der Waals surface area contributed by atoms with Crippen molar-refractivity contribution < 1.29 is 14.3 Å². The molecule has 150 valence electrons. The van der Waals surface area contributed by atoms with Gasteiger partial charge < -0.3 is 4.74 Å². The first kappa shape index (κ1) is 19.6. The molecule has 0 radical (unpaired) electrons. The monoisotopic (exact) mass is 388 g/mol. The summed E-state index contributed by atoms with van der Waals surface area (Å²) >= 11 is 0. The van der Waals surface area contributed by atoms with Crippen molar-refractivity contribution in [1.82, 2.24) is 0 Å². The highest BCUT2D eigenvalue weighted by Crippen LogP contribution is 2.50. The van der Waals surface area contributed by atoms with Crippen LogP contribution in [-0.2, 0) is 14.3 Å². The molecule has 0 amide bonds. The van der Waals surface area contributed by atoms with Gasteiger partial charge in [-0.15, -0.1) is 0 Å². The molecule has 4 rings (SSSR count). The Kier molecular flexibility index (Phi) is 4.53. The third-order valence-electron chi connectivity index (χ3n) is 6.42. The fraction of sp³-hybridized carbons (Fsp3) is 0.385. The molecule has 1 spiro atoms. The Balaban J connectivity index is 1.92. The fourth-order valence-corrected chi connectivity index (χ4v) is 4.82. The predicted octanol–water partition coefficient (Wildman–Crippen LogP) is 5.59. The maximum Gasteiger partial charge on any atom is 0.210 e. The summed E-state index contributed by atoms with van der Waals surface area (Å²) in [5, 5.41) is 0. The summed E-state index contributed by atoms with van der Waals surface area (Å²) in [5.74, 6) is 0.999. The van der Waals surface area contributed by atoms with Crippen LogP contribution in [0.4, 0.5) is 0 Å². The van der Waals surface area contributed by atoms with Crippen LogP contribution in [0.25, 0.3) is 5.57 Å². The first-order chi connectivity index (χ1) is 13.6. The molecule has 2 atom stereocenters. The number of benzene rings is 1. The zero-order valence-corrected chi connectivity index (χ0v) is 17.8. The van der Waals surface area contributed by atoms with Gasteiger partial charge in [-0.25, -0.2) is 0 Å². The summed E-state index contributed by atoms with van der Waals surface area (Å²) in [6, 6.07) is 10.00. The van der Waals surface area contributed by atoms with Crippen molar-refractivity contribution in [3.8, 4) is 0 Å². The molecule has 1 aliphatic carbocycles. The molecule has 29 heavy (non-hydrogen) atoms. The van der Waals surface area contributed by atoms with Crippen LogP contribution in [0.1, 0.15) is 53.0 Å². The van der Waals surface area contributed by atoms with Gasteiger partial charge in [-0.3, -0.25) is 9.59 Å². The normalized spacial score (nSPS) is 32.4. The molecule has 1 aromatic rings. The van der Waals surface area contributed by atoms with Gasteiger partial charge >= 0.3 is 0 Å². The molecule has 0 saturated heterocycles. The average molecular weight is 389 g/mol. The molecule has 2 aliphatic heterocycles. The predicted molar refractivity (Wildman–Crippen MR) is 115 cm³/mol. The maximum absolute atomic E-state index is 13.3. The van der Waals surface area contributed by atoms with Crippen LogP contribution < -0.4 is 0 Å². The van der Waals surface area contributed by atoms with Crippen LogP contribution in [0.15, 0.2) is 71.0 Å². The molecular formula is C26H28O3. The standard InChI is InChI=1S/C26H28O3/c1-16-11-20-12-17(2)22(27)13-21(19-9-7-6-8-10-19)25(4,5)15-23-18(3)24(28)26(20,14-16)29-23/h6-13,16H,14-15H2,1-5H3/b17-12-,21-13+/t16-,26+/m0/s1. The van der Waals surface area contributed by atoms with Crippen molar-refractivity contribution in [3.63, 3.8) is 0 Å². The lowest BCUT2D eigenvalue weighted by molar-refractivity contribution is -0.127. The number of ketones is 2.